The van der Waals surface area contributed by atoms with Crippen molar-refractivity contribution in [3.63, 3.8) is 0 Å². The maximum Gasteiger partial charge on any atom is 0.220 e. The van der Waals surface area contributed by atoms with Crippen LogP contribution >= 0.6 is 0 Å². The van der Waals surface area contributed by atoms with Crippen LogP contribution in [0, 0.1) is 0 Å². The highest BCUT2D eigenvalue weighted by molar-refractivity contribution is 5.76. The van der Waals surface area contributed by atoms with Gasteiger partial charge in [-0.1, -0.05) is 235 Å². The van der Waals surface area contributed by atoms with Crippen LogP contribution in [0.3, 0.4) is 0 Å². The van der Waals surface area contributed by atoms with E-state index in [9.17, 15) is 30.3 Å². The highest BCUT2D eigenvalue weighted by atomic mass is 16.7. The second-order valence-corrected chi connectivity index (χ2v) is 20.1. The van der Waals surface area contributed by atoms with E-state index in [1.807, 2.05) is 6.08 Å². The number of carbonyl (C=O) groups excluding carboxylic acids is 1. The first-order valence-corrected chi connectivity index (χ1v) is 29.0. The number of rotatable bonds is 49. The zero-order chi connectivity index (χ0) is 50.1. The van der Waals surface area contributed by atoms with Crippen LogP contribution in [0.25, 0.3) is 0 Å². The SMILES string of the molecule is CCCCCCCCC/C=C/CC/C=C/CC/C=C/C(O)C(COC1OC(CO)C(O)C(O)C1O)NC(=O)CCCCCCCCCCCCCCC/C=C\C/C=C\CCCCCCCCCCC. The number of aliphatic hydroxyl groups excluding tert-OH is 5. The molecule has 1 aliphatic rings. The smallest absolute Gasteiger partial charge is 0.220 e. The molecule has 1 rings (SSSR count). The van der Waals surface area contributed by atoms with Crippen molar-refractivity contribution in [3.05, 3.63) is 60.8 Å². The Kier molecular flexibility index (Phi) is 46.5. The molecule has 1 amide bonds. The molecule has 1 aliphatic heterocycles. The summed E-state index contributed by atoms with van der Waals surface area (Å²) in [4.78, 5) is 13.0. The Morgan fingerprint density at radius 1 is 0.493 bits per heavy atom. The highest BCUT2D eigenvalue weighted by Gasteiger charge is 2.44. The molecule has 0 aromatic heterocycles. The first-order valence-electron chi connectivity index (χ1n) is 29.0. The molecule has 0 saturated carbocycles. The maximum atomic E-state index is 13.0. The van der Waals surface area contributed by atoms with Crippen LogP contribution in [-0.2, 0) is 14.3 Å². The molecule has 0 radical (unpaired) electrons. The van der Waals surface area contributed by atoms with E-state index in [-0.39, 0.29) is 12.5 Å². The summed E-state index contributed by atoms with van der Waals surface area (Å²) in [5, 5.41) is 54.4. The standard InChI is InChI=1S/C60H109NO8/c1-3-5-7-9-11-13-15-17-19-21-22-23-24-25-26-27-28-29-30-31-32-34-36-38-40-42-44-46-48-50-56(64)61-53(52-68-60-59(67)58(66)57(65)55(51-62)69-60)54(63)49-47-45-43-41-39-37-35-33-20-18-16-14-12-10-8-6-4-2/h20,22-23,25-26,33,39,41,47,49,53-55,57-60,62-63,65-67H,3-19,21,24,27-32,34-38,40,42-46,48,50-52H2,1-2H3,(H,61,64)/b23-22-,26-25-,33-20+,41-39+,49-47+. The van der Waals surface area contributed by atoms with Crippen molar-refractivity contribution in [2.75, 3.05) is 13.2 Å². The fraction of sp³-hybridized carbons (Fsp3) is 0.817. The summed E-state index contributed by atoms with van der Waals surface area (Å²) in [6, 6.07) is -0.830. The van der Waals surface area contributed by atoms with E-state index in [1.54, 1.807) is 6.08 Å². The molecule has 0 bridgehead atoms. The number of aliphatic hydroxyl groups is 5. The monoisotopic (exact) mass is 972 g/mol. The highest BCUT2D eigenvalue weighted by Crippen LogP contribution is 2.23. The average molecular weight is 973 g/mol. The Morgan fingerprint density at radius 3 is 1.30 bits per heavy atom. The van der Waals surface area contributed by atoms with Crippen LogP contribution in [0.5, 0.6) is 0 Å². The molecule has 9 heteroatoms. The summed E-state index contributed by atoms with van der Waals surface area (Å²) in [6.07, 6.45) is 60.0. The predicted octanol–water partition coefficient (Wildman–Crippen LogP) is 14.3. The first kappa shape index (κ1) is 64.9. The number of amides is 1. The second kappa shape index (κ2) is 49.5. The molecular formula is C60H109NO8. The van der Waals surface area contributed by atoms with Crippen LogP contribution in [-0.4, -0.2) is 87.5 Å². The summed E-state index contributed by atoms with van der Waals surface area (Å²) >= 11 is 0. The van der Waals surface area contributed by atoms with Gasteiger partial charge in [0.05, 0.1) is 25.4 Å². The van der Waals surface area contributed by atoms with E-state index in [0.29, 0.717) is 6.42 Å². The van der Waals surface area contributed by atoms with Crippen molar-refractivity contribution in [1.82, 2.24) is 5.32 Å². The fourth-order valence-electron chi connectivity index (χ4n) is 8.93. The number of allylic oxidation sites excluding steroid dienone is 9. The molecule has 1 saturated heterocycles. The van der Waals surface area contributed by atoms with Crippen LogP contribution in [0.1, 0.15) is 258 Å². The minimum absolute atomic E-state index is 0.192. The van der Waals surface area contributed by atoms with Gasteiger partial charge in [-0.2, -0.15) is 0 Å². The van der Waals surface area contributed by atoms with Crippen molar-refractivity contribution in [2.45, 2.75) is 301 Å². The van der Waals surface area contributed by atoms with Crippen LogP contribution in [0.15, 0.2) is 60.8 Å². The number of nitrogens with one attached hydrogen (secondary N) is 1. The fourth-order valence-corrected chi connectivity index (χ4v) is 8.93. The molecule has 0 spiro atoms. The zero-order valence-corrected chi connectivity index (χ0v) is 44.6. The summed E-state index contributed by atoms with van der Waals surface area (Å²) in [5.41, 5.74) is 0. The summed E-state index contributed by atoms with van der Waals surface area (Å²) in [7, 11) is 0. The molecule has 7 atom stereocenters. The zero-order valence-electron chi connectivity index (χ0n) is 44.6. The van der Waals surface area contributed by atoms with E-state index in [2.05, 4.69) is 67.8 Å². The van der Waals surface area contributed by atoms with Gasteiger partial charge in [0, 0.05) is 6.42 Å². The minimum atomic E-state index is -1.58. The molecule has 9 nitrogen and oxygen atoms in total. The van der Waals surface area contributed by atoms with E-state index in [1.165, 1.54) is 180 Å². The van der Waals surface area contributed by atoms with E-state index < -0.39 is 49.5 Å². The maximum absolute atomic E-state index is 13.0. The predicted molar refractivity (Wildman–Crippen MR) is 290 cm³/mol. The number of unbranched alkanes of at least 4 members (excludes halogenated alkanes) is 31. The third-order valence-corrected chi connectivity index (χ3v) is 13.5. The Hall–Kier alpha value is -2.11. The summed E-state index contributed by atoms with van der Waals surface area (Å²) in [5.74, 6) is -0.192. The Bertz CT molecular complexity index is 1270. The van der Waals surface area contributed by atoms with Gasteiger partial charge in [-0.25, -0.2) is 0 Å². The topological polar surface area (TPSA) is 149 Å². The third-order valence-electron chi connectivity index (χ3n) is 13.5. The normalized spacial score (nSPS) is 19.9. The molecule has 0 aliphatic carbocycles. The summed E-state index contributed by atoms with van der Waals surface area (Å²) in [6.45, 7) is 3.76. The van der Waals surface area contributed by atoms with Crippen molar-refractivity contribution in [1.29, 1.82) is 0 Å². The Morgan fingerprint density at radius 2 is 0.870 bits per heavy atom. The lowest BCUT2D eigenvalue weighted by molar-refractivity contribution is -0.302. The van der Waals surface area contributed by atoms with Crippen LogP contribution in [0.4, 0.5) is 0 Å². The molecule has 1 heterocycles. The van der Waals surface area contributed by atoms with Gasteiger partial charge in [-0.15, -0.1) is 0 Å². The average Bonchev–Trinajstić information content (AvgIpc) is 3.35. The Balaban J connectivity index is 2.22. The largest absolute Gasteiger partial charge is 0.394 e. The number of ether oxygens (including phenoxy) is 2. The van der Waals surface area contributed by atoms with Gasteiger partial charge >= 0.3 is 0 Å². The second-order valence-electron chi connectivity index (χ2n) is 20.1. The lowest BCUT2D eigenvalue weighted by Crippen LogP contribution is -2.60. The quantitative estimate of drug-likeness (QED) is 0.0261. The van der Waals surface area contributed by atoms with Gasteiger partial charge in [0.15, 0.2) is 6.29 Å². The molecule has 402 valence electrons. The van der Waals surface area contributed by atoms with Gasteiger partial charge in [-0.3, -0.25) is 4.79 Å². The van der Waals surface area contributed by atoms with Crippen molar-refractivity contribution in [3.8, 4) is 0 Å². The molecule has 6 N–H and O–H groups in total. The van der Waals surface area contributed by atoms with Gasteiger partial charge < -0.3 is 40.3 Å². The third kappa shape index (κ3) is 39.1. The van der Waals surface area contributed by atoms with E-state index in [0.717, 1.165) is 57.8 Å². The van der Waals surface area contributed by atoms with Gasteiger partial charge in [0.2, 0.25) is 5.91 Å². The van der Waals surface area contributed by atoms with Gasteiger partial charge in [0.1, 0.15) is 24.4 Å². The number of hydrogen-bond acceptors (Lipinski definition) is 8. The van der Waals surface area contributed by atoms with Crippen LogP contribution < -0.4 is 5.32 Å². The van der Waals surface area contributed by atoms with Gasteiger partial charge in [0.25, 0.3) is 0 Å². The summed E-state index contributed by atoms with van der Waals surface area (Å²) < 4.78 is 11.2. The molecule has 7 unspecified atom stereocenters. The lowest BCUT2D eigenvalue weighted by atomic mass is 9.99. The molecule has 69 heavy (non-hydrogen) atoms. The molecule has 0 aromatic rings. The molecular weight excluding hydrogens is 863 g/mol. The van der Waals surface area contributed by atoms with E-state index in [4.69, 9.17) is 9.47 Å². The Labute approximate surface area is 424 Å². The van der Waals surface area contributed by atoms with E-state index >= 15 is 0 Å². The van der Waals surface area contributed by atoms with Crippen molar-refractivity contribution in [2.24, 2.45) is 0 Å². The van der Waals surface area contributed by atoms with Crippen molar-refractivity contribution < 1.29 is 39.8 Å². The molecule has 0 aromatic carbocycles. The van der Waals surface area contributed by atoms with Crippen molar-refractivity contribution >= 4 is 5.91 Å². The molecule has 1 fully saturated rings. The number of carbonyl (C=O) groups is 1. The lowest BCUT2D eigenvalue weighted by Gasteiger charge is -2.40. The van der Waals surface area contributed by atoms with Crippen LogP contribution in [0.2, 0.25) is 0 Å². The number of hydrogen-bond donors (Lipinski definition) is 6. The first-order chi connectivity index (χ1) is 33.8. The van der Waals surface area contributed by atoms with Gasteiger partial charge in [-0.05, 0) is 77.0 Å². The minimum Gasteiger partial charge on any atom is -0.394 e.